The molecule has 0 aliphatic carbocycles. The van der Waals surface area contributed by atoms with E-state index in [1.165, 1.54) is 12.7 Å². The molecule has 0 amide bonds. The molecule has 0 saturated carbocycles. The van der Waals surface area contributed by atoms with Crippen molar-refractivity contribution in [1.29, 1.82) is 0 Å². The molecule has 0 bridgehead atoms. The van der Waals surface area contributed by atoms with Gasteiger partial charge in [-0.05, 0) is 75.6 Å². The Morgan fingerprint density at radius 2 is 0.900 bits per heavy atom. The quantitative estimate of drug-likeness (QED) is 0.0133. The van der Waals surface area contributed by atoms with Crippen LogP contribution < -0.4 is 25.9 Å². The van der Waals surface area contributed by atoms with Gasteiger partial charge in [0, 0.05) is 32.3 Å². The Morgan fingerprint density at radius 1 is 0.525 bits per heavy atom. The van der Waals surface area contributed by atoms with Crippen LogP contribution in [0.2, 0.25) is 0 Å². The average Bonchev–Trinajstić information content (AvgIpc) is 3.90. The number of H-pyrrole nitrogens is 1. The van der Waals surface area contributed by atoms with Crippen LogP contribution in [0.1, 0.15) is 49.9 Å². The standard InChI is InChI=1S/C57H75N9O12P2/c1-5-75-54(68)47(37-43-21-13-9-14-22-43)61-79(72,62-48(55(69)76-6-2)38-44-23-15-10-16-24-44)35-32-65(29-30-66-42-60-51-52(66)58-41-59-53(51)67)31-33-74-34-36-80(73,63-49(56(70)77-7-3)39-45-25-17-11-18-26-45)64-50(57(71)78-8-4)40-46-27-19-12-20-28-46/h9-28,41-42,47-50H,5-8,29-40H2,1-4H3,(H,58,59,67)(H2,61,62,72)(H2,63,64,73)/t47-,48-,49-,50-/m0/s1. The van der Waals surface area contributed by atoms with Gasteiger partial charge in [-0.2, -0.15) is 0 Å². The van der Waals surface area contributed by atoms with Crippen LogP contribution in [0.25, 0.3) is 11.2 Å². The molecular formula is C57H75N9O12P2. The Bertz CT molecular complexity index is 2870. The molecule has 80 heavy (non-hydrogen) atoms. The first kappa shape index (κ1) is 62.5. The molecule has 0 aliphatic rings. The average molecular weight is 1140 g/mol. The highest BCUT2D eigenvalue weighted by molar-refractivity contribution is 7.60. The zero-order valence-corrected chi connectivity index (χ0v) is 47.7. The van der Waals surface area contributed by atoms with E-state index in [1.807, 2.05) is 126 Å². The van der Waals surface area contributed by atoms with Crippen molar-refractivity contribution in [2.24, 2.45) is 0 Å². The van der Waals surface area contributed by atoms with Crippen molar-refractivity contribution in [3.63, 3.8) is 0 Å². The van der Waals surface area contributed by atoms with Crippen LogP contribution in [-0.4, -0.2) is 144 Å². The van der Waals surface area contributed by atoms with Crippen LogP contribution in [-0.2, 0) is 84.2 Å². The van der Waals surface area contributed by atoms with E-state index in [-0.39, 0.29) is 109 Å². The molecule has 2 heterocycles. The molecular weight excluding hydrogens is 1060 g/mol. The van der Waals surface area contributed by atoms with Gasteiger partial charge in [-0.1, -0.05) is 121 Å². The largest absolute Gasteiger partial charge is 0.465 e. The van der Waals surface area contributed by atoms with Crippen molar-refractivity contribution in [2.75, 3.05) is 71.6 Å². The van der Waals surface area contributed by atoms with Crippen LogP contribution in [0.15, 0.2) is 139 Å². The smallest absolute Gasteiger partial charge is 0.323 e. The van der Waals surface area contributed by atoms with E-state index in [2.05, 4.69) is 35.3 Å². The summed E-state index contributed by atoms with van der Waals surface area (Å²) in [5, 5.41) is 12.5. The molecule has 0 spiro atoms. The lowest BCUT2D eigenvalue weighted by Crippen LogP contribution is -2.47. The normalized spacial score (nSPS) is 13.3. The van der Waals surface area contributed by atoms with Crippen LogP contribution >= 0.6 is 14.9 Å². The first-order valence-electron chi connectivity index (χ1n) is 27.0. The van der Waals surface area contributed by atoms with Crippen molar-refractivity contribution < 1.29 is 52.0 Å². The molecule has 21 nitrogen and oxygen atoms in total. The number of rotatable bonds is 36. The van der Waals surface area contributed by atoms with Gasteiger partial charge in [0.1, 0.15) is 24.2 Å². The zero-order valence-electron chi connectivity index (χ0n) is 45.9. The van der Waals surface area contributed by atoms with Gasteiger partial charge in [-0.15, -0.1) is 0 Å². The summed E-state index contributed by atoms with van der Waals surface area (Å²) in [7, 11) is -7.96. The molecule has 5 N–H and O–H groups in total. The van der Waals surface area contributed by atoms with Gasteiger partial charge in [0.25, 0.3) is 5.56 Å². The summed E-state index contributed by atoms with van der Waals surface area (Å²) in [6.07, 6.45) is 3.01. The van der Waals surface area contributed by atoms with Gasteiger partial charge < -0.3 is 33.2 Å². The Labute approximate surface area is 467 Å². The maximum absolute atomic E-state index is 15.8. The van der Waals surface area contributed by atoms with Gasteiger partial charge in [-0.3, -0.25) is 38.0 Å². The number of esters is 4. The second kappa shape index (κ2) is 32.6. The molecule has 2 aromatic heterocycles. The maximum atomic E-state index is 15.8. The first-order valence-corrected chi connectivity index (χ1v) is 30.8. The Hall–Kier alpha value is -6.67. The summed E-state index contributed by atoms with van der Waals surface area (Å²) in [4.78, 5) is 80.5. The molecule has 6 rings (SSSR count). The number of carbonyl (C=O) groups excluding carboxylic acids is 4. The van der Waals surface area contributed by atoms with Crippen LogP contribution in [0, 0.1) is 0 Å². The van der Waals surface area contributed by atoms with Crippen LogP contribution in [0.4, 0.5) is 0 Å². The van der Waals surface area contributed by atoms with Gasteiger partial charge in [-0.25, -0.2) is 30.3 Å². The molecule has 0 unspecified atom stereocenters. The minimum Gasteiger partial charge on any atom is -0.465 e. The van der Waals surface area contributed by atoms with Crippen molar-refractivity contribution in [3.05, 3.63) is 167 Å². The summed E-state index contributed by atoms with van der Waals surface area (Å²) in [6, 6.07) is 32.5. The number of aromatic nitrogens is 4. The molecule has 4 atom stereocenters. The van der Waals surface area contributed by atoms with Crippen LogP contribution in [0.3, 0.4) is 0 Å². The number of fused-ring (bicyclic) bond motifs is 1. The molecule has 4 aromatic carbocycles. The molecule has 6 aromatic rings. The van der Waals surface area contributed by atoms with Gasteiger partial charge in [0.2, 0.25) is 14.9 Å². The highest BCUT2D eigenvalue weighted by Crippen LogP contribution is 2.40. The summed E-state index contributed by atoms with van der Waals surface area (Å²) in [5.74, 6) is -2.51. The zero-order chi connectivity index (χ0) is 57.2. The summed E-state index contributed by atoms with van der Waals surface area (Å²) < 4.78 is 61.2. The van der Waals surface area contributed by atoms with Gasteiger partial charge >= 0.3 is 23.9 Å². The Morgan fingerprint density at radius 3 is 1.27 bits per heavy atom. The Balaban J connectivity index is 1.28. The van der Waals surface area contributed by atoms with Crippen molar-refractivity contribution in [3.8, 4) is 0 Å². The number of hydrogen-bond donors (Lipinski definition) is 5. The van der Waals surface area contributed by atoms with Crippen molar-refractivity contribution >= 4 is 49.9 Å². The molecule has 0 fully saturated rings. The van der Waals surface area contributed by atoms with Crippen molar-refractivity contribution in [1.82, 2.24) is 44.8 Å². The van der Waals surface area contributed by atoms with E-state index in [1.54, 1.807) is 32.3 Å². The third-order valence-electron chi connectivity index (χ3n) is 12.8. The molecule has 0 aliphatic heterocycles. The fourth-order valence-electron chi connectivity index (χ4n) is 8.85. The summed E-state index contributed by atoms with van der Waals surface area (Å²) in [6.45, 7) is 7.83. The fraction of sp³-hybridized carbons (Fsp3) is 0.421. The number of imidazole rings is 1. The minimum absolute atomic E-state index is 0.0450. The monoisotopic (exact) mass is 1140 g/mol. The van der Waals surface area contributed by atoms with Crippen LogP contribution in [0.5, 0.6) is 0 Å². The van der Waals surface area contributed by atoms with E-state index in [4.69, 9.17) is 23.7 Å². The number of nitrogens with zero attached hydrogens (tertiary/aromatic N) is 4. The van der Waals surface area contributed by atoms with E-state index < -0.39 is 68.5 Å². The lowest BCUT2D eigenvalue weighted by Gasteiger charge is -2.31. The molecule has 430 valence electrons. The van der Waals surface area contributed by atoms with Gasteiger partial charge in [0.15, 0.2) is 11.2 Å². The van der Waals surface area contributed by atoms with E-state index in [9.17, 15) is 24.0 Å². The fourth-order valence-corrected chi connectivity index (χ4v) is 13.3. The maximum Gasteiger partial charge on any atom is 0.323 e. The highest BCUT2D eigenvalue weighted by Gasteiger charge is 2.37. The number of nitrogens with one attached hydrogen (secondary N) is 5. The molecule has 23 heteroatoms. The Kier molecular flexibility index (Phi) is 25.4. The number of hydrogen-bond acceptors (Lipinski definition) is 15. The number of benzene rings is 4. The van der Waals surface area contributed by atoms with E-state index >= 15 is 9.13 Å². The predicted molar refractivity (Wildman–Crippen MR) is 305 cm³/mol. The summed E-state index contributed by atoms with van der Waals surface area (Å²) >= 11 is 0. The summed E-state index contributed by atoms with van der Waals surface area (Å²) in [5.41, 5.74) is 3.24. The lowest BCUT2D eigenvalue weighted by atomic mass is 10.1. The molecule has 0 radical (unpaired) electrons. The van der Waals surface area contributed by atoms with Crippen molar-refractivity contribution in [2.45, 2.75) is 84.1 Å². The topological polar surface area (TPSA) is 263 Å². The number of aromatic amines is 1. The number of ether oxygens (including phenoxy) is 5. The van der Waals surface area contributed by atoms with E-state index in [0.717, 1.165) is 22.3 Å². The second-order valence-electron chi connectivity index (χ2n) is 18.7. The highest BCUT2D eigenvalue weighted by atomic mass is 31.2. The SMILES string of the molecule is CCOC(=O)[C@H](Cc1ccccc1)NP(=O)(CCOCCN(CCn1cnc2c(=O)[nH]cnc21)CCP(=O)(N[C@@H](Cc1ccccc1)C(=O)OCC)N[C@@H](Cc1ccccc1)C(=O)OCC)N[C@@H](Cc1ccccc1)C(=O)OCC. The lowest BCUT2D eigenvalue weighted by molar-refractivity contribution is -0.146. The number of carbonyl (C=O) groups is 4. The van der Waals surface area contributed by atoms with Gasteiger partial charge in [0.05, 0.1) is 58.5 Å². The predicted octanol–water partition coefficient (Wildman–Crippen LogP) is 5.88. The minimum atomic E-state index is -4.01. The van der Waals surface area contributed by atoms with E-state index in [0.29, 0.717) is 5.65 Å². The third kappa shape index (κ3) is 20.1. The second-order valence-corrected chi connectivity index (χ2v) is 23.6. The molecule has 0 saturated heterocycles. The first-order chi connectivity index (χ1) is 38.7. The third-order valence-corrected chi connectivity index (χ3v) is 17.3.